The van der Waals surface area contributed by atoms with Crippen LogP contribution in [0.15, 0.2) is 18.5 Å². The smallest absolute Gasteiger partial charge is 0.332 e. The summed E-state index contributed by atoms with van der Waals surface area (Å²) >= 11 is 0. The highest BCUT2D eigenvalue weighted by Crippen LogP contribution is 2.30. The van der Waals surface area contributed by atoms with E-state index in [0.29, 0.717) is 18.7 Å². The van der Waals surface area contributed by atoms with Gasteiger partial charge in [-0.25, -0.2) is 4.79 Å². The molecule has 1 aliphatic heterocycles. The molecule has 1 aliphatic rings. The van der Waals surface area contributed by atoms with Gasteiger partial charge < -0.3 is 20.9 Å². The summed E-state index contributed by atoms with van der Waals surface area (Å²) in [5.74, 6) is -1.58. The zero-order valence-electron chi connectivity index (χ0n) is 12.5. The van der Waals surface area contributed by atoms with E-state index in [9.17, 15) is 14.7 Å². The van der Waals surface area contributed by atoms with E-state index >= 15 is 0 Å². The molecule has 2 heterocycles. The molecule has 4 N–H and O–H groups in total. The predicted octanol–water partition coefficient (Wildman–Crippen LogP) is 1.20. The first-order valence-electron chi connectivity index (χ1n) is 7.37. The number of aliphatic carboxylic acids is 1. The Balaban J connectivity index is 2.21. The molecule has 0 radical (unpaired) electrons. The second-order valence-corrected chi connectivity index (χ2v) is 5.49. The van der Waals surface area contributed by atoms with Gasteiger partial charge in [0.2, 0.25) is 0 Å². The van der Waals surface area contributed by atoms with Crippen molar-refractivity contribution < 1.29 is 19.4 Å². The number of nitrogens with one attached hydrogen (secondary N) is 1. The number of nitrogens with two attached hydrogens (primary N) is 1. The van der Waals surface area contributed by atoms with Crippen LogP contribution in [0.4, 0.5) is 5.69 Å². The van der Waals surface area contributed by atoms with Gasteiger partial charge in [0, 0.05) is 18.8 Å². The second kappa shape index (κ2) is 6.74. The van der Waals surface area contributed by atoms with Crippen molar-refractivity contribution >= 4 is 17.6 Å². The maximum atomic E-state index is 12.4. The highest BCUT2D eigenvalue weighted by molar-refractivity contribution is 5.98. The summed E-state index contributed by atoms with van der Waals surface area (Å²) in [6.07, 6.45) is 4.88. The SMILES string of the molecule is CCCC[C@@H]1OCCC1(NC(=O)c1cncc(N)c1)C(=O)O. The summed E-state index contributed by atoms with van der Waals surface area (Å²) in [6.45, 7) is 2.34. The monoisotopic (exact) mass is 307 g/mol. The molecule has 0 spiro atoms. The third-order valence-corrected chi connectivity index (χ3v) is 3.92. The lowest BCUT2D eigenvalue weighted by Gasteiger charge is -2.30. The molecular formula is C15H21N3O4. The van der Waals surface area contributed by atoms with Crippen molar-refractivity contribution in [3.05, 3.63) is 24.0 Å². The molecule has 2 rings (SSSR count). The van der Waals surface area contributed by atoms with Crippen LogP contribution >= 0.6 is 0 Å². The Bertz CT molecular complexity index is 563. The van der Waals surface area contributed by atoms with E-state index < -0.39 is 23.5 Å². The van der Waals surface area contributed by atoms with E-state index in [1.807, 2.05) is 6.92 Å². The van der Waals surface area contributed by atoms with Gasteiger partial charge in [-0.1, -0.05) is 19.8 Å². The summed E-state index contributed by atoms with van der Waals surface area (Å²) in [6, 6.07) is 1.47. The minimum atomic E-state index is -1.39. The van der Waals surface area contributed by atoms with E-state index in [2.05, 4.69) is 10.3 Å². The van der Waals surface area contributed by atoms with E-state index in [1.165, 1.54) is 18.5 Å². The molecule has 120 valence electrons. The lowest BCUT2D eigenvalue weighted by molar-refractivity contribution is -0.147. The number of ether oxygens (including phenoxy) is 1. The molecule has 7 heteroatoms. The van der Waals surface area contributed by atoms with Gasteiger partial charge in [0.15, 0.2) is 5.54 Å². The standard InChI is InChI=1S/C15H21N3O4/c1-2-3-4-12-15(14(20)21,5-6-22-12)18-13(19)10-7-11(16)9-17-8-10/h7-9,12H,2-6,16H2,1H3,(H,18,19)(H,20,21)/t12-,15?/m0/s1. The van der Waals surface area contributed by atoms with Crippen molar-refractivity contribution in [2.45, 2.75) is 44.2 Å². The van der Waals surface area contributed by atoms with Crippen molar-refractivity contribution in [1.29, 1.82) is 0 Å². The maximum absolute atomic E-state index is 12.4. The van der Waals surface area contributed by atoms with Crippen molar-refractivity contribution in [2.24, 2.45) is 0 Å². The summed E-state index contributed by atoms with van der Waals surface area (Å²) in [4.78, 5) is 28.0. The molecule has 1 aromatic rings. The van der Waals surface area contributed by atoms with Crippen molar-refractivity contribution in [1.82, 2.24) is 10.3 Å². The zero-order chi connectivity index (χ0) is 16.2. The first-order chi connectivity index (χ1) is 10.5. The normalized spacial score (nSPS) is 24.1. The number of carbonyl (C=O) groups excluding carboxylic acids is 1. The van der Waals surface area contributed by atoms with Crippen LogP contribution < -0.4 is 11.1 Å². The summed E-state index contributed by atoms with van der Waals surface area (Å²) in [7, 11) is 0. The first kappa shape index (κ1) is 16.2. The van der Waals surface area contributed by atoms with Crippen LogP contribution in [0.3, 0.4) is 0 Å². The molecule has 0 aliphatic carbocycles. The third kappa shape index (κ3) is 3.19. The fourth-order valence-electron chi connectivity index (χ4n) is 2.68. The second-order valence-electron chi connectivity index (χ2n) is 5.49. The summed E-state index contributed by atoms with van der Waals surface area (Å²) in [5.41, 5.74) is 4.80. The number of pyridine rings is 1. The molecule has 2 atom stereocenters. The number of hydrogen-bond acceptors (Lipinski definition) is 5. The molecule has 1 amide bonds. The highest BCUT2D eigenvalue weighted by atomic mass is 16.5. The molecule has 1 saturated heterocycles. The molecule has 1 unspecified atom stereocenters. The van der Waals surface area contributed by atoms with Gasteiger partial charge in [-0.2, -0.15) is 0 Å². The number of nitrogen functional groups attached to an aromatic ring is 1. The average molecular weight is 307 g/mol. The van der Waals surface area contributed by atoms with Crippen LogP contribution in [0.25, 0.3) is 0 Å². The molecule has 1 fully saturated rings. The number of hydrogen-bond donors (Lipinski definition) is 3. The molecule has 0 aromatic carbocycles. The van der Waals surface area contributed by atoms with Gasteiger partial charge in [0.1, 0.15) is 0 Å². The fraction of sp³-hybridized carbons (Fsp3) is 0.533. The lowest BCUT2D eigenvalue weighted by Crippen LogP contribution is -2.59. The largest absolute Gasteiger partial charge is 0.479 e. The molecule has 22 heavy (non-hydrogen) atoms. The topological polar surface area (TPSA) is 115 Å². The number of amides is 1. The first-order valence-corrected chi connectivity index (χ1v) is 7.37. The third-order valence-electron chi connectivity index (χ3n) is 3.92. The zero-order valence-corrected chi connectivity index (χ0v) is 12.5. The van der Waals surface area contributed by atoms with Crippen LogP contribution in [0, 0.1) is 0 Å². The molecular weight excluding hydrogens is 286 g/mol. The summed E-state index contributed by atoms with van der Waals surface area (Å²) in [5, 5.41) is 12.3. The number of carboxylic acids is 1. The minimum Gasteiger partial charge on any atom is -0.479 e. The number of anilines is 1. The highest BCUT2D eigenvalue weighted by Gasteiger charge is 2.51. The van der Waals surface area contributed by atoms with Gasteiger partial charge in [0.25, 0.3) is 5.91 Å². The van der Waals surface area contributed by atoms with Crippen LogP contribution in [-0.4, -0.2) is 40.2 Å². The van der Waals surface area contributed by atoms with Crippen LogP contribution in [0.5, 0.6) is 0 Å². The number of unbranched alkanes of at least 4 members (excludes halogenated alkanes) is 1. The summed E-state index contributed by atoms with van der Waals surface area (Å²) < 4.78 is 5.56. The van der Waals surface area contributed by atoms with Crippen LogP contribution in [-0.2, 0) is 9.53 Å². The Morgan fingerprint density at radius 3 is 2.95 bits per heavy atom. The minimum absolute atomic E-state index is 0.238. The Morgan fingerprint density at radius 2 is 2.32 bits per heavy atom. The molecule has 1 aromatic heterocycles. The van der Waals surface area contributed by atoms with E-state index in [4.69, 9.17) is 10.5 Å². The van der Waals surface area contributed by atoms with E-state index in [1.54, 1.807) is 0 Å². The van der Waals surface area contributed by atoms with Gasteiger partial charge in [-0.15, -0.1) is 0 Å². The Labute approximate surface area is 128 Å². The Hall–Kier alpha value is -2.15. The lowest BCUT2D eigenvalue weighted by atomic mass is 9.87. The van der Waals surface area contributed by atoms with Gasteiger partial charge in [-0.05, 0) is 12.5 Å². The fourth-order valence-corrected chi connectivity index (χ4v) is 2.68. The number of carboxylic acid groups (broad SMARTS) is 1. The van der Waals surface area contributed by atoms with Crippen molar-refractivity contribution in [3.8, 4) is 0 Å². The Kier molecular flexibility index (Phi) is 4.97. The average Bonchev–Trinajstić information content (AvgIpc) is 2.89. The van der Waals surface area contributed by atoms with E-state index in [0.717, 1.165) is 12.8 Å². The van der Waals surface area contributed by atoms with Crippen molar-refractivity contribution in [3.63, 3.8) is 0 Å². The van der Waals surface area contributed by atoms with Crippen LogP contribution in [0.1, 0.15) is 43.0 Å². The number of rotatable bonds is 6. The molecule has 0 bridgehead atoms. The number of aromatic nitrogens is 1. The Morgan fingerprint density at radius 1 is 1.55 bits per heavy atom. The maximum Gasteiger partial charge on any atom is 0.332 e. The van der Waals surface area contributed by atoms with Crippen LogP contribution in [0.2, 0.25) is 0 Å². The molecule has 0 saturated carbocycles. The van der Waals surface area contributed by atoms with Crippen molar-refractivity contribution in [2.75, 3.05) is 12.3 Å². The predicted molar refractivity (Wildman–Crippen MR) is 80.4 cm³/mol. The number of nitrogens with zero attached hydrogens (tertiary/aromatic N) is 1. The van der Waals surface area contributed by atoms with E-state index in [-0.39, 0.29) is 12.0 Å². The van der Waals surface area contributed by atoms with Gasteiger partial charge in [-0.3, -0.25) is 9.78 Å². The van der Waals surface area contributed by atoms with Gasteiger partial charge in [0.05, 0.1) is 24.0 Å². The molecule has 7 nitrogen and oxygen atoms in total. The van der Waals surface area contributed by atoms with Gasteiger partial charge >= 0.3 is 5.97 Å². The quantitative estimate of drug-likeness (QED) is 0.727. The number of carbonyl (C=O) groups is 2.